The average molecular weight is 294 g/mol. The molecule has 0 radical (unpaired) electrons. The van der Waals surface area contributed by atoms with Crippen molar-refractivity contribution in [3.05, 3.63) is 41.5 Å². The summed E-state index contributed by atoms with van der Waals surface area (Å²) >= 11 is 0. The summed E-state index contributed by atoms with van der Waals surface area (Å²) in [7, 11) is -3.69. The van der Waals surface area contributed by atoms with Gasteiger partial charge in [0.1, 0.15) is 0 Å². The third kappa shape index (κ3) is 4.36. The summed E-state index contributed by atoms with van der Waals surface area (Å²) in [6.45, 7) is 1.24. The van der Waals surface area contributed by atoms with Crippen molar-refractivity contribution in [2.24, 2.45) is 0 Å². The molecule has 1 N–H and O–H groups in total. The summed E-state index contributed by atoms with van der Waals surface area (Å²) in [6.07, 6.45) is -3.16. The minimum absolute atomic E-state index is 0.175. The van der Waals surface area contributed by atoms with Gasteiger partial charge in [0.25, 0.3) is 0 Å². The van der Waals surface area contributed by atoms with Gasteiger partial charge in [-0.15, -0.1) is 0 Å². The van der Waals surface area contributed by atoms with Gasteiger partial charge in [-0.2, -0.15) is 13.2 Å². The van der Waals surface area contributed by atoms with Crippen LogP contribution < -0.4 is 0 Å². The van der Waals surface area contributed by atoms with E-state index in [1.165, 1.54) is 13.0 Å². The van der Waals surface area contributed by atoms with Gasteiger partial charge in [-0.3, -0.25) is 0 Å². The van der Waals surface area contributed by atoms with Gasteiger partial charge < -0.3 is 5.11 Å². The summed E-state index contributed by atoms with van der Waals surface area (Å²) in [5.74, 6) is -0.334. The molecule has 0 bridgehead atoms. The molecule has 19 heavy (non-hydrogen) atoms. The number of alkyl halides is 3. The molecule has 0 saturated carbocycles. The fraction of sp³-hybridized carbons (Fsp3) is 0.333. The van der Waals surface area contributed by atoms with Gasteiger partial charge in [0, 0.05) is 0 Å². The molecule has 0 amide bonds. The Bertz CT molecular complexity index is 557. The molecule has 0 atom stereocenters. The molecule has 0 aliphatic heterocycles. The Kier molecular flexibility index (Phi) is 4.75. The van der Waals surface area contributed by atoms with Crippen molar-refractivity contribution in [1.29, 1.82) is 0 Å². The lowest BCUT2D eigenvalue weighted by atomic mass is 10.2. The molecule has 0 aromatic heterocycles. The maximum Gasteiger partial charge on any atom is 0.416 e. The van der Waals surface area contributed by atoms with Crippen molar-refractivity contribution in [3.63, 3.8) is 0 Å². The maximum atomic E-state index is 12.3. The van der Waals surface area contributed by atoms with Crippen LogP contribution in [-0.2, 0) is 16.0 Å². The minimum Gasteiger partial charge on any atom is -0.392 e. The number of benzene rings is 1. The smallest absolute Gasteiger partial charge is 0.392 e. The van der Waals surface area contributed by atoms with Gasteiger partial charge in [-0.05, 0) is 31.2 Å². The summed E-state index contributed by atoms with van der Waals surface area (Å²) in [6, 6.07) is 3.34. The minimum atomic E-state index is -4.49. The van der Waals surface area contributed by atoms with E-state index in [0.717, 1.165) is 24.3 Å². The van der Waals surface area contributed by atoms with Gasteiger partial charge in [0.2, 0.25) is 0 Å². The Balaban J connectivity index is 3.01. The van der Waals surface area contributed by atoms with E-state index in [9.17, 15) is 21.6 Å². The van der Waals surface area contributed by atoms with Crippen molar-refractivity contribution in [1.82, 2.24) is 0 Å². The largest absolute Gasteiger partial charge is 0.416 e. The summed E-state index contributed by atoms with van der Waals surface area (Å²) in [4.78, 5) is -0.175. The molecule has 0 saturated heterocycles. The average Bonchev–Trinajstić information content (AvgIpc) is 2.27. The van der Waals surface area contributed by atoms with Crippen molar-refractivity contribution in [3.8, 4) is 0 Å². The van der Waals surface area contributed by atoms with Gasteiger partial charge in [0.15, 0.2) is 9.84 Å². The number of halogens is 3. The Morgan fingerprint density at radius 1 is 1.26 bits per heavy atom. The van der Waals surface area contributed by atoms with Crippen molar-refractivity contribution >= 4 is 9.84 Å². The molecule has 0 aliphatic carbocycles. The van der Waals surface area contributed by atoms with Crippen LogP contribution in [0.15, 0.2) is 40.8 Å². The Morgan fingerprint density at radius 2 is 1.79 bits per heavy atom. The molecule has 0 heterocycles. The molecule has 0 aliphatic rings. The van der Waals surface area contributed by atoms with E-state index in [4.69, 9.17) is 5.11 Å². The molecular formula is C12H13F3O3S. The number of aliphatic hydroxyl groups excluding tert-OH is 1. The van der Waals surface area contributed by atoms with Crippen LogP contribution in [0.3, 0.4) is 0 Å². The first-order chi connectivity index (χ1) is 8.66. The van der Waals surface area contributed by atoms with Crippen LogP contribution in [0, 0.1) is 0 Å². The molecule has 0 spiro atoms. The zero-order valence-corrected chi connectivity index (χ0v) is 10.9. The summed E-state index contributed by atoms with van der Waals surface area (Å²) in [5, 5.41) is 8.63. The molecule has 0 fully saturated rings. The molecule has 0 unspecified atom stereocenters. The fourth-order valence-electron chi connectivity index (χ4n) is 1.45. The number of rotatable bonds is 4. The van der Waals surface area contributed by atoms with Gasteiger partial charge in [-0.1, -0.05) is 11.6 Å². The SMILES string of the molecule is C/C(=C\CO)CS(=O)(=O)c1ccc(C(F)(F)F)cc1. The lowest BCUT2D eigenvalue weighted by Gasteiger charge is -2.08. The van der Waals surface area contributed by atoms with Gasteiger partial charge in [-0.25, -0.2) is 8.42 Å². The Labute approximate surface area is 109 Å². The molecule has 1 aromatic carbocycles. The molecule has 3 nitrogen and oxygen atoms in total. The monoisotopic (exact) mass is 294 g/mol. The molecule has 106 valence electrons. The molecular weight excluding hydrogens is 281 g/mol. The topological polar surface area (TPSA) is 54.4 Å². The fourth-order valence-corrected chi connectivity index (χ4v) is 2.88. The summed E-state index contributed by atoms with van der Waals surface area (Å²) in [5.41, 5.74) is -0.462. The Morgan fingerprint density at radius 3 is 2.21 bits per heavy atom. The second kappa shape index (κ2) is 5.75. The van der Waals surface area contributed by atoms with Gasteiger partial charge in [0.05, 0.1) is 22.8 Å². The highest BCUT2D eigenvalue weighted by Gasteiger charge is 2.30. The van der Waals surface area contributed by atoms with E-state index in [0.29, 0.717) is 5.57 Å². The highest BCUT2D eigenvalue weighted by molar-refractivity contribution is 7.91. The highest BCUT2D eigenvalue weighted by atomic mass is 32.2. The number of sulfone groups is 1. The third-order valence-electron chi connectivity index (χ3n) is 2.40. The van der Waals surface area contributed by atoms with Crippen molar-refractivity contribution < 1.29 is 26.7 Å². The first kappa shape index (κ1) is 15.7. The third-order valence-corrected chi connectivity index (χ3v) is 4.22. The van der Waals surface area contributed by atoms with E-state index in [-0.39, 0.29) is 17.3 Å². The number of aliphatic hydroxyl groups is 1. The maximum absolute atomic E-state index is 12.3. The van der Waals surface area contributed by atoms with E-state index in [1.807, 2.05) is 0 Å². The second-order valence-corrected chi connectivity index (χ2v) is 6.00. The van der Waals surface area contributed by atoms with Gasteiger partial charge >= 0.3 is 6.18 Å². The standard InChI is InChI=1S/C12H13F3O3S/c1-9(6-7-16)8-19(17,18)11-4-2-10(3-5-11)12(13,14)15/h2-6,16H,7-8H2,1H3/b9-6+. The van der Waals surface area contributed by atoms with E-state index < -0.39 is 21.6 Å². The van der Waals surface area contributed by atoms with E-state index in [1.54, 1.807) is 0 Å². The van der Waals surface area contributed by atoms with Crippen LogP contribution in [0.5, 0.6) is 0 Å². The molecule has 1 aromatic rings. The Hall–Kier alpha value is -1.34. The predicted molar refractivity (Wildman–Crippen MR) is 64.3 cm³/mol. The lowest BCUT2D eigenvalue weighted by molar-refractivity contribution is -0.137. The number of hydrogen-bond acceptors (Lipinski definition) is 3. The predicted octanol–water partition coefficient (Wildman–Crippen LogP) is 2.42. The van der Waals surface area contributed by atoms with Crippen LogP contribution in [-0.4, -0.2) is 25.9 Å². The van der Waals surface area contributed by atoms with E-state index >= 15 is 0 Å². The van der Waals surface area contributed by atoms with E-state index in [2.05, 4.69) is 0 Å². The highest BCUT2D eigenvalue weighted by Crippen LogP contribution is 2.29. The van der Waals surface area contributed by atoms with Crippen LogP contribution in [0.4, 0.5) is 13.2 Å². The first-order valence-corrected chi connectivity index (χ1v) is 6.98. The second-order valence-electron chi connectivity index (χ2n) is 4.01. The molecule has 7 heteroatoms. The van der Waals surface area contributed by atoms with Crippen LogP contribution in [0.1, 0.15) is 12.5 Å². The molecule has 1 rings (SSSR count). The van der Waals surface area contributed by atoms with Crippen LogP contribution in [0.25, 0.3) is 0 Å². The van der Waals surface area contributed by atoms with Crippen molar-refractivity contribution in [2.75, 3.05) is 12.4 Å². The van der Waals surface area contributed by atoms with Crippen LogP contribution in [0.2, 0.25) is 0 Å². The lowest BCUT2D eigenvalue weighted by Crippen LogP contribution is -2.10. The summed E-state index contributed by atoms with van der Waals surface area (Å²) < 4.78 is 60.8. The van der Waals surface area contributed by atoms with Crippen LogP contribution >= 0.6 is 0 Å². The number of hydrogen-bond donors (Lipinski definition) is 1. The zero-order chi connectivity index (χ0) is 14.7. The normalized spacial score (nSPS) is 13.6. The quantitative estimate of drug-likeness (QED) is 0.868. The van der Waals surface area contributed by atoms with Crippen molar-refractivity contribution in [2.45, 2.75) is 18.0 Å². The zero-order valence-electron chi connectivity index (χ0n) is 10.1. The first-order valence-electron chi connectivity index (χ1n) is 5.33.